The standard InChI is InChI=1S/C10H12N2O2/c1-2-7(11)9-6(10(13)14)4-3-5-8(9)12/h2-5,7H,1,11-12H2,(H,13,14)/t7-/m0/s1. The van der Waals surface area contributed by atoms with Crippen molar-refractivity contribution in [2.45, 2.75) is 6.04 Å². The van der Waals surface area contributed by atoms with Crippen LogP contribution in [0, 0.1) is 0 Å². The second-order valence-corrected chi connectivity index (χ2v) is 2.88. The molecule has 0 aromatic heterocycles. The number of benzene rings is 1. The first-order valence-electron chi connectivity index (χ1n) is 4.07. The van der Waals surface area contributed by atoms with Gasteiger partial charge in [-0.15, -0.1) is 6.58 Å². The number of nitrogens with two attached hydrogens (primary N) is 2. The highest BCUT2D eigenvalue weighted by molar-refractivity contribution is 5.91. The van der Waals surface area contributed by atoms with Crippen LogP contribution < -0.4 is 11.5 Å². The maximum atomic E-state index is 10.8. The van der Waals surface area contributed by atoms with Gasteiger partial charge < -0.3 is 16.6 Å². The quantitative estimate of drug-likeness (QED) is 0.495. The molecule has 0 aliphatic carbocycles. The van der Waals surface area contributed by atoms with Crippen LogP contribution in [0.1, 0.15) is 22.0 Å². The molecule has 0 unspecified atom stereocenters. The van der Waals surface area contributed by atoms with Crippen molar-refractivity contribution in [1.29, 1.82) is 0 Å². The van der Waals surface area contributed by atoms with Crippen LogP contribution in [0.4, 0.5) is 5.69 Å². The summed E-state index contributed by atoms with van der Waals surface area (Å²) < 4.78 is 0. The average Bonchev–Trinajstić information content (AvgIpc) is 2.16. The van der Waals surface area contributed by atoms with Crippen LogP contribution in [0.15, 0.2) is 30.9 Å². The van der Waals surface area contributed by atoms with Crippen molar-refractivity contribution in [1.82, 2.24) is 0 Å². The number of carboxylic acids is 1. The number of carboxylic acid groups (broad SMARTS) is 1. The molecule has 74 valence electrons. The predicted molar refractivity (Wildman–Crippen MR) is 54.9 cm³/mol. The van der Waals surface area contributed by atoms with Gasteiger partial charge in [-0.1, -0.05) is 12.1 Å². The SMILES string of the molecule is C=C[C@H](N)c1c(N)cccc1C(=O)O. The van der Waals surface area contributed by atoms with Crippen LogP contribution in [0.5, 0.6) is 0 Å². The zero-order valence-corrected chi connectivity index (χ0v) is 7.60. The average molecular weight is 192 g/mol. The summed E-state index contributed by atoms with van der Waals surface area (Å²) in [4.78, 5) is 10.8. The maximum Gasteiger partial charge on any atom is 0.336 e. The van der Waals surface area contributed by atoms with E-state index < -0.39 is 12.0 Å². The van der Waals surface area contributed by atoms with E-state index >= 15 is 0 Å². The number of hydrogen-bond acceptors (Lipinski definition) is 3. The number of rotatable bonds is 3. The molecule has 4 heteroatoms. The Balaban J connectivity index is 3.36. The van der Waals surface area contributed by atoms with Gasteiger partial charge >= 0.3 is 5.97 Å². The summed E-state index contributed by atoms with van der Waals surface area (Å²) in [7, 11) is 0. The van der Waals surface area contributed by atoms with Gasteiger partial charge in [0.05, 0.1) is 11.6 Å². The molecule has 1 atom stereocenters. The lowest BCUT2D eigenvalue weighted by Gasteiger charge is -2.12. The third-order valence-electron chi connectivity index (χ3n) is 1.96. The first-order valence-corrected chi connectivity index (χ1v) is 4.07. The molecule has 1 aromatic carbocycles. The topological polar surface area (TPSA) is 89.3 Å². The van der Waals surface area contributed by atoms with Crippen molar-refractivity contribution < 1.29 is 9.90 Å². The van der Waals surface area contributed by atoms with Gasteiger partial charge in [0, 0.05) is 11.3 Å². The zero-order chi connectivity index (χ0) is 10.7. The normalized spacial score (nSPS) is 12.1. The molecule has 0 saturated carbocycles. The molecule has 4 nitrogen and oxygen atoms in total. The lowest BCUT2D eigenvalue weighted by molar-refractivity contribution is 0.0695. The third kappa shape index (κ3) is 1.75. The highest BCUT2D eigenvalue weighted by atomic mass is 16.4. The van der Waals surface area contributed by atoms with Gasteiger partial charge in [0.15, 0.2) is 0 Å². The summed E-state index contributed by atoms with van der Waals surface area (Å²) in [6.07, 6.45) is 1.46. The summed E-state index contributed by atoms with van der Waals surface area (Å²) in [6.45, 7) is 3.51. The number of hydrogen-bond donors (Lipinski definition) is 3. The summed E-state index contributed by atoms with van der Waals surface area (Å²) in [5, 5.41) is 8.89. The monoisotopic (exact) mass is 192 g/mol. The van der Waals surface area contributed by atoms with Crippen LogP contribution in [-0.4, -0.2) is 11.1 Å². The van der Waals surface area contributed by atoms with Gasteiger partial charge in [-0.3, -0.25) is 0 Å². The molecule has 0 fully saturated rings. The van der Waals surface area contributed by atoms with Crippen molar-refractivity contribution >= 4 is 11.7 Å². The molecule has 0 spiro atoms. The van der Waals surface area contributed by atoms with Crippen molar-refractivity contribution in [3.05, 3.63) is 42.0 Å². The number of nitrogen functional groups attached to an aromatic ring is 1. The van der Waals surface area contributed by atoms with Crippen molar-refractivity contribution in [2.75, 3.05) is 5.73 Å². The van der Waals surface area contributed by atoms with E-state index in [0.29, 0.717) is 11.3 Å². The Labute approximate surface area is 81.8 Å². The first kappa shape index (κ1) is 10.3. The molecule has 0 saturated heterocycles. The predicted octanol–water partition coefficient (Wildman–Crippen LogP) is 1.15. The second-order valence-electron chi connectivity index (χ2n) is 2.88. The summed E-state index contributed by atoms with van der Waals surface area (Å²) in [5.74, 6) is -1.04. The smallest absolute Gasteiger partial charge is 0.336 e. The van der Waals surface area contributed by atoms with E-state index in [0.717, 1.165) is 0 Å². The van der Waals surface area contributed by atoms with E-state index in [-0.39, 0.29) is 5.56 Å². The molecule has 1 aromatic rings. The minimum absolute atomic E-state index is 0.123. The molecule has 14 heavy (non-hydrogen) atoms. The van der Waals surface area contributed by atoms with Gasteiger partial charge in [-0.2, -0.15) is 0 Å². The van der Waals surface area contributed by atoms with Gasteiger partial charge in [-0.05, 0) is 12.1 Å². The Morgan fingerprint density at radius 1 is 1.57 bits per heavy atom. The summed E-state index contributed by atoms with van der Waals surface area (Å²) in [6, 6.07) is 4.11. The fraction of sp³-hybridized carbons (Fsp3) is 0.100. The molecule has 0 heterocycles. The highest BCUT2D eigenvalue weighted by Gasteiger charge is 2.16. The van der Waals surface area contributed by atoms with Crippen molar-refractivity contribution in [3.63, 3.8) is 0 Å². The fourth-order valence-corrected chi connectivity index (χ4v) is 1.26. The lowest BCUT2D eigenvalue weighted by Crippen LogP contribution is -2.15. The summed E-state index contributed by atoms with van der Waals surface area (Å²) in [5.41, 5.74) is 12.2. The van der Waals surface area contributed by atoms with E-state index in [2.05, 4.69) is 6.58 Å². The summed E-state index contributed by atoms with van der Waals surface area (Å²) >= 11 is 0. The molecule has 0 amide bonds. The Bertz CT molecular complexity index is 374. The van der Waals surface area contributed by atoms with Crippen LogP contribution in [0.25, 0.3) is 0 Å². The second kappa shape index (κ2) is 3.93. The number of aromatic carboxylic acids is 1. The third-order valence-corrected chi connectivity index (χ3v) is 1.96. The molecule has 0 radical (unpaired) electrons. The van der Waals surface area contributed by atoms with Crippen molar-refractivity contribution in [2.24, 2.45) is 5.73 Å². The number of carbonyl (C=O) groups is 1. The van der Waals surface area contributed by atoms with Gasteiger partial charge in [-0.25, -0.2) is 4.79 Å². The van der Waals surface area contributed by atoms with Crippen LogP contribution in [0.2, 0.25) is 0 Å². The van der Waals surface area contributed by atoms with E-state index in [1.807, 2.05) is 0 Å². The van der Waals surface area contributed by atoms with Gasteiger partial charge in [0.1, 0.15) is 0 Å². The first-order chi connectivity index (χ1) is 6.57. The Morgan fingerprint density at radius 3 is 2.71 bits per heavy atom. The molecular weight excluding hydrogens is 180 g/mol. The molecule has 0 aliphatic rings. The Kier molecular flexibility index (Phi) is 2.89. The maximum absolute atomic E-state index is 10.8. The zero-order valence-electron chi connectivity index (χ0n) is 7.60. The van der Waals surface area contributed by atoms with Crippen LogP contribution >= 0.6 is 0 Å². The molecule has 0 aliphatic heterocycles. The molecule has 1 rings (SSSR count). The van der Waals surface area contributed by atoms with Gasteiger partial charge in [0.2, 0.25) is 0 Å². The Morgan fingerprint density at radius 2 is 2.21 bits per heavy atom. The molecular formula is C10H12N2O2. The molecule has 5 N–H and O–H groups in total. The van der Waals surface area contributed by atoms with Crippen LogP contribution in [0.3, 0.4) is 0 Å². The lowest BCUT2D eigenvalue weighted by atomic mass is 9.99. The van der Waals surface area contributed by atoms with E-state index in [1.54, 1.807) is 12.1 Å². The minimum Gasteiger partial charge on any atom is -0.478 e. The fourth-order valence-electron chi connectivity index (χ4n) is 1.26. The van der Waals surface area contributed by atoms with E-state index in [9.17, 15) is 4.79 Å². The minimum atomic E-state index is -1.04. The van der Waals surface area contributed by atoms with E-state index in [1.165, 1.54) is 12.1 Å². The largest absolute Gasteiger partial charge is 0.478 e. The van der Waals surface area contributed by atoms with Crippen LogP contribution in [-0.2, 0) is 0 Å². The number of anilines is 1. The Hall–Kier alpha value is -1.81. The van der Waals surface area contributed by atoms with Gasteiger partial charge in [0.25, 0.3) is 0 Å². The highest BCUT2D eigenvalue weighted by Crippen LogP contribution is 2.23. The van der Waals surface area contributed by atoms with E-state index in [4.69, 9.17) is 16.6 Å². The van der Waals surface area contributed by atoms with Crippen molar-refractivity contribution in [3.8, 4) is 0 Å². The molecule has 0 bridgehead atoms.